The van der Waals surface area contributed by atoms with Crippen LogP contribution in [0.15, 0.2) is 17.1 Å². The molecule has 0 saturated carbocycles. The number of aliphatic hydroxyl groups excluding tert-OH is 2. The molecule has 7 heteroatoms. The zero-order valence-corrected chi connectivity index (χ0v) is 13.3. The number of nitrogens with zero attached hydrogens (tertiary/aromatic N) is 1. The van der Waals surface area contributed by atoms with Gasteiger partial charge in [0.1, 0.15) is 5.02 Å². The highest BCUT2D eigenvalue weighted by atomic mass is 35.5. The SMILES string of the molecule is CCC[C@]1(CO)CN(C(=O)c2c[nH]c(=O)c(Cl)c2)CCC1O. The van der Waals surface area contributed by atoms with E-state index in [-0.39, 0.29) is 24.1 Å². The molecule has 1 fully saturated rings. The smallest absolute Gasteiger partial charge is 0.266 e. The number of hydrogen-bond donors (Lipinski definition) is 3. The summed E-state index contributed by atoms with van der Waals surface area (Å²) in [6.07, 6.45) is 2.58. The average molecular weight is 329 g/mol. The molecule has 1 saturated heterocycles. The van der Waals surface area contributed by atoms with Gasteiger partial charge in [0.05, 0.1) is 18.3 Å². The van der Waals surface area contributed by atoms with E-state index in [1.54, 1.807) is 4.90 Å². The maximum atomic E-state index is 12.6. The van der Waals surface area contributed by atoms with Gasteiger partial charge in [-0.15, -0.1) is 0 Å². The molecule has 0 aromatic carbocycles. The van der Waals surface area contributed by atoms with Gasteiger partial charge < -0.3 is 20.1 Å². The molecule has 3 N–H and O–H groups in total. The Morgan fingerprint density at radius 3 is 2.91 bits per heavy atom. The van der Waals surface area contributed by atoms with E-state index in [9.17, 15) is 19.8 Å². The lowest BCUT2D eigenvalue weighted by molar-refractivity contribution is -0.0720. The fraction of sp³-hybridized carbons (Fsp3) is 0.600. The van der Waals surface area contributed by atoms with E-state index in [0.717, 1.165) is 6.42 Å². The highest BCUT2D eigenvalue weighted by molar-refractivity contribution is 6.30. The van der Waals surface area contributed by atoms with Gasteiger partial charge in [-0.05, 0) is 18.9 Å². The fourth-order valence-electron chi connectivity index (χ4n) is 3.06. The molecule has 122 valence electrons. The second-order valence-corrected chi connectivity index (χ2v) is 6.27. The van der Waals surface area contributed by atoms with Crippen LogP contribution in [0.5, 0.6) is 0 Å². The molecule has 22 heavy (non-hydrogen) atoms. The molecule has 6 nitrogen and oxygen atoms in total. The minimum Gasteiger partial charge on any atom is -0.396 e. The molecule has 0 aliphatic carbocycles. The molecular weight excluding hydrogens is 308 g/mol. The first-order valence-corrected chi connectivity index (χ1v) is 7.78. The van der Waals surface area contributed by atoms with Crippen LogP contribution < -0.4 is 5.56 Å². The third kappa shape index (κ3) is 3.19. The monoisotopic (exact) mass is 328 g/mol. The van der Waals surface area contributed by atoms with Crippen molar-refractivity contribution in [3.63, 3.8) is 0 Å². The van der Waals surface area contributed by atoms with Crippen LogP contribution in [-0.2, 0) is 0 Å². The number of likely N-dealkylation sites (tertiary alicyclic amines) is 1. The van der Waals surface area contributed by atoms with E-state index >= 15 is 0 Å². The lowest BCUT2D eigenvalue weighted by Crippen LogP contribution is -2.55. The molecule has 1 aliphatic rings. The molecule has 1 aromatic heterocycles. The van der Waals surface area contributed by atoms with E-state index in [4.69, 9.17) is 11.6 Å². The highest BCUT2D eigenvalue weighted by Crippen LogP contribution is 2.35. The molecule has 2 heterocycles. The summed E-state index contributed by atoms with van der Waals surface area (Å²) in [5.41, 5.74) is -0.832. The fourth-order valence-corrected chi connectivity index (χ4v) is 3.23. The molecular formula is C15H21ClN2O4. The van der Waals surface area contributed by atoms with Crippen LogP contribution in [0.3, 0.4) is 0 Å². The largest absolute Gasteiger partial charge is 0.396 e. The van der Waals surface area contributed by atoms with E-state index in [1.165, 1.54) is 12.3 Å². The van der Waals surface area contributed by atoms with E-state index in [2.05, 4.69) is 4.98 Å². The Morgan fingerprint density at radius 1 is 1.59 bits per heavy atom. The van der Waals surface area contributed by atoms with Crippen molar-refractivity contribution in [3.05, 3.63) is 33.2 Å². The Hall–Kier alpha value is -1.37. The van der Waals surface area contributed by atoms with Crippen molar-refractivity contribution in [1.82, 2.24) is 9.88 Å². The second kappa shape index (κ2) is 6.81. The Kier molecular flexibility index (Phi) is 5.26. The van der Waals surface area contributed by atoms with E-state index in [1.807, 2.05) is 6.92 Å². The standard InChI is InChI=1S/C15H21ClN2O4/c1-2-4-15(9-19)8-18(5-3-12(15)20)14(22)10-6-11(16)13(21)17-7-10/h6-7,12,19-20H,2-5,8-9H2,1H3,(H,17,21)/t12?,15-/m1/s1. The molecule has 2 atom stereocenters. The molecule has 1 aliphatic heterocycles. The van der Waals surface area contributed by atoms with Crippen LogP contribution >= 0.6 is 11.6 Å². The number of piperidine rings is 1. The van der Waals surface area contributed by atoms with Crippen LogP contribution in [0.2, 0.25) is 5.02 Å². The summed E-state index contributed by atoms with van der Waals surface area (Å²) in [4.78, 5) is 27.9. The quantitative estimate of drug-likeness (QED) is 0.769. The minimum absolute atomic E-state index is 0.0372. The van der Waals surface area contributed by atoms with Gasteiger partial charge in [0, 0.05) is 24.7 Å². The average Bonchev–Trinajstić information content (AvgIpc) is 2.51. The predicted octanol–water partition coefficient (Wildman–Crippen LogP) is 1.01. The Morgan fingerprint density at radius 2 is 2.32 bits per heavy atom. The number of aromatic amines is 1. The van der Waals surface area contributed by atoms with Gasteiger partial charge in [-0.2, -0.15) is 0 Å². The number of aliphatic hydroxyl groups is 2. The van der Waals surface area contributed by atoms with Crippen LogP contribution in [0.25, 0.3) is 0 Å². The first kappa shape index (κ1) is 17.0. The van der Waals surface area contributed by atoms with Crippen molar-refractivity contribution in [2.24, 2.45) is 5.41 Å². The Bertz CT molecular complexity index is 603. The molecule has 1 aromatic rings. The molecule has 1 unspecified atom stereocenters. The van der Waals surface area contributed by atoms with Gasteiger partial charge >= 0.3 is 0 Å². The van der Waals surface area contributed by atoms with Crippen molar-refractivity contribution < 1.29 is 15.0 Å². The first-order chi connectivity index (χ1) is 10.4. The maximum absolute atomic E-state index is 12.6. The van der Waals surface area contributed by atoms with Crippen LogP contribution in [0, 0.1) is 5.41 Å². The number of carbonyl (C=O) groups excluding carboxylic acids is 1. The van der Waals surface area contributed by atoms with Crippen molar-refractivity contribution in [2.75, 3.05) is 19.7 Å². The number of hydrogen-bond acceptors (Lipinski definition) is 4. The Balaban J connectivity index is 2.23. The van der Waals surface area contributed by atoms with Crippen molar-refractivity contribution in [3.8, 4) is 0 Å². The summed E-state index contributed by atoms with van der Waals surface area (Å²) in [7, 11) is 0. The zero-order chi connectivity index (χ0) is 16.3. The normalized spacial score (nSPS) is 25.3. The summed E-state index contributed by atoms with van der Waals surface area (Å²) in [5.74, 6) is -0.265. The number of pyridine rings is 1. The lowest BCUT2D eigenvalue weighted by Gasteiger charge is -2.45. The molecule has 1 amide bonds. The number of halogens is 1. The lowest BCUT2D eigenvalue weighted by atomic mass is 9.74. The van der Waals surface area contributed by atoms with Crippen molar-refractivity contribution in [2.45, 2.75) is 32.3 Å². The van der Waals surface area contributed by atoms with Gasteiger partial charge in [0.25, 0.3) is 11.5 Å². The van der Waals surface area contributed by atoms with Gasteiger partial charge in [-0.25, -0.2) is 0 Å². The topological polar surface area (TPSA) is 93.6 Å². The van der Waals surface area contributed by atoms with Crippen molar-refractivity contribution in [1.29, 1.82) is 0 Å². The van der Waals surface area contributed by atoms with Gasteiger partial charge in [0.2, 0.25) is 0 Å². The minimum atomic E-state index is -0.686. The van der Waals surface area contributed by atoms with Gasteiger partial charge in [0.15, 0.2) is 0 Å². The summed E-state index contributed by atoms with van der Waals surface area (Å²) >= 11 is 5.76. The van der Waals surface area contributed by atoms with E-state index in [0.29, 0.717) is 24.9 Å². The number of rotatable bonds is 4. The Labute approximate surface area is 133 Å². The van der Waals surface area contributed by atoms with Gasteiger partial charge in [-0.1, -0.05) is 24.9 Å². The van der Waals surface area contributed by atoms with Crippen molar-refractivity contribution >= 4 is 17.5 Å². The molecule has 0 spiro atoms. The maximum Gasteiger partial charge on any atom is 0.266 e. The van der Waals surface area contributed by atoms with Crippen LogP contribution in [-0.4, -0.2) is 51.8 Å². The molecule has 0 bridgehead atoms. The summed E-state index contributed by atoms with van der Waals surface area (Å²) in [6, 6.07) is 1.34. The third-order valence-electron chi connectivity index (χ3n) is 4.34. The summed E-state index contributed by atoms with van der Waals surface area (Å²) < 4.78 is 0. The number of nitrogens with one attached hydrogen (secondary N) is 1. The number of amides is 1. The summed E-state index contributed by atoms with van der Waals surface area (Å²) in [6.45, 7) is 2.50. The first-order valence-electron chi connectivity index (χ1n) is 7.40. The van der Waals surface area contributed by atoms with Crippen LogP contribution in [0.1, 0.15) is 36.5 Å². The highest BCUT2D eigenvalue weighted by Gasteiger charge is 2.43. The zero-order valence-electron chi connectivity index (χ0n) is 12.5. The number of carbonyl (C=O) groups is 1. The molecule has 0 radical (unpaired) electrons. The number of aromatic nitrogens is 1. The predicted molar refractivity (Wildman–Crippen MR) is 83.0 cm³/mol. The summed E-state index contributed by atoms with van der Waals surface area (Å²) in [5, 5.41) is 19.9. The van der Waals surface area contributed by atoms with Gasteiger partial charge in [-0.3, -0.25) is 9.59 Å². The second-order valence-electron chi connectivity index (χ2n) is 5.87. The van der Waals surface area contributed by atoms with E-state index < -0.39 is 17.1 Å². The third-order valence-corrected chi connectivity index (χ3v) is 4.62. The number of H-pyrrole nitrogens is 1. The molecule has 2 rings (SSSR count). The van der Waals surface area contributed by atoms with Crippen LogP contribution in [0.4, 0.5) is 0 Å².